The molecule has 7 nitrogen and oxygen atoms in total. The van der Waals surface area contributed by atoms with Crippen LogP contribution < -0.4 is 5.32 Å². The Balaban J connectivity index is 2.95. The Morgan fingerprint density at radius 3 is 2.36 bits per heavy atom. The molecule has 0 saturated carbocycles. The van der Waals surface area contributed by atoms with E-state index in [9.17, 15) is 14.4 Å². The molecule has 0 aliphatic rings. The van der Waals surface area contributed by atoms with Gasteiger partial charge in [0.15, 0.2) is 6.10 Å². The van der Waals surface area contributed by atoms with Gasteiger partial charge in [-0.25, -0.2) is 9.59 Å². The molecular weight excluding hydrogens is 288 g/mol. The van der Waals surface area contributed by atoms with E-state index in [0.717, 1.165) is 0 Å². The molecule has 1 aromatic rings. The zero-order chi connectivity index (χ0) is 16.9. The van der Waals surface area contributed by atoms with Gasteiger partial charge in [0, 0.05) is 12.2 Å². The lowest BCUT2D eigenvalue weighted by molar-refractivity contribution is -0.128. The number of likely N-dealkylation sites (N-methyl/N-ethyl adjacent to an activating group) is 1. The van der Waals surface area contributed by atoms with Gasteiger partial charge in [-0.05, 0) is 40.2 Å². The molecule has 0 aliphatic carbocycles. The van der Waals surface area contributed by atoms with Crippen molar-refractivity contribution in [1.29, 1.82) is 0 Å². The molecule has 1 aromatic heterocycles. The highest BCUT2D eigenvalue weighted by molar-refractivity contribution is 5.99. The van der Waals surface area contributed by atoms with Gasteiger partial charge in [-0.3, -0.25) is 4.79 Å². The Labute approximate surface area is 129 Å². The largest absolute Gasteiger partial charge is 0.461 e. The molecule has 1 amide bonds. The van der Waals surface area contributed by atoms with Crippen LogP contribution in [0.2, 0.25) is 0 Å². The molecule has 0 saturated heterocycles. The highest BCUT2D eigenvalue weighted by atomic mass is 16.5. The van der Waals surface area contributed by atoms with E-state index in [4.69, 9.17) is 9.47 Å². The molecule has 7 heteroatoms. The van der Waals surface area contributed by atoms with Crippen molar-refractivity contribution in [2.75, 3.05) is 13.2 Å². The fourth-order valence-electron chi connectivity index (χ4n) is 2.05. The topological polar surface area (TPSA) is 97.5 Å². The summed E-state index contributed by atoms with van der Waals surface area (Å²) in [7, 11) is 0. The highest BCUT2D eigenvalue weighted by Gasteiger charge is 2.26. The first-order valence-corrected chi connectivity index (χ1v) is 7.18. The number of carbonyl (C=O) groups excluding carboxylic acids is 3. The second-order valence-corrected chi connectivity index (χ2v) is 4.79. The van der Waals surface area contributed by atoms with Crippen LogP contribution in [0.25, 0.3) is 0 Å². The van der Waals surface area contributed by atoms with E-state index in [2.05, 4.69) is 10.3 Å². The zero-order valence-electron chi connectivity index (χ0n) is 13.5. The van der Waals surface area contributed by atoms with E-state index in [1.165, 1.54) is 6.92 Å². The molecular formula is C15H22N2O5. The molecule has 0 fully saturated rings. The van der Waals surface area contributed by atoms with Crippen molar-refractivity contribution in [2.45, 2.75) is 40.7 Å². The van der Waals surface area contributed by atoms with E-state index >= 15 is 0 Å². The van der Waals surface area contributed by atoms with Gasteiger partial charge in [0.05, 0.1) is 12.2 Å². The van der Waals surface area contributed by atoms with Crippen LogP contribution in [0, 0.1) is 13.8 Å². The number of esters is 2. The van der Waals surface area contributed by atoms with E-state index in [-0.39, 0.29) is 23.8 Å². The normalized spacial score (nSPS) is 11.7. The minimum Gasteiger partial charge on any atom is -0.461 e. The van der Waals surface area contributed by atoms with Crippen molar-refractivity contribution in [3.05, 3.63) is 22.5 Å². The van der Waals surface area contributed by atoms with Crippen LogP contribution in [0.15, 0.2) is 0 Å². The van der Waals surface area contributed by atoms with Crippen molar-refractivity contribution in [1.82, 2.24) is 10.3 Å². The van der Waals surface area contributed by atoms with Crippen LogP contribution in [0.1, 0.15) is 52.9 Å². The Morgan fingerprint density at radius 2 is 1.82 bits per heavy atom. The average Bonchev–Trinajstić information content (AvgIpc) is 2.74. The lowest BCUT2D eigenvalue weighted by Gasteiger charge is -2.13. The molecule has 1 heterocycles. The maximum absolute atomic E-state index is 12.2. The number of amides is 1. The van der Waals surface area contributed by atoms with Crippen LogP contribution in [0.4, 0.5) is 0 Å². The third kappa shape index (κ3) is 3.87. The Hall–Kier alpha value is -2.31. The number of hydrogen-bond donors (Lipinski definition) is 2. The summed E-state index contributed by atoms with van der Waals surface area (Å²) in [6, 6.07) is 0. The van der Waals surface area contributed by atoms with Crippen LogP contribution in [0.3, 0.4) is 0 Å². The van der Waals surface area contributed by atoms with Gasteiger partial charge in [0.25, 0.3) is 5.91 Å². The summed E-state index contributed by atoms with van der Waals surface area (Å²) in [5.41, 5.74) is 1.41. The number of aryl methyl sites for hydroxylation is 1. The monoisotopic (exact) mass is 310 g/mol. The van der Waals surface area contributed by atoms with Crippen molar-refractivity contribution >= 4 is 17.8 Å². The van der Waals surface area contributed by atoms with Crippen LogP contribution >= 0.6 is 0 Å². The number of H-pyrrole nitrogens is 1. The van der Waals surface area contributed by atoms with E-state index in [0.29, 0.717) is 17.8 Å². The van der Waals surface area contributed by atoms with Gasteiger partial charge in [-0.1, -0.05) is 0 Å². The molecule has 0 aliphatic heterocycles. The third-order valence-electron chi connectivity index (χ3n) is 3.13. The molecule has 0 radical (unpaired) electrons. The predicted molar refractivity (Wildman–Crippen MR) is 79.8 cm³/mol. The van der Waals surface area contributed by atoms with Crippen molar-refractivity contribution in [3.8, 4) is 0 Å². The summed E-state index contributed by atoms with van der Waals surface area (Å²) < 4.78 is 10.1. The van der Waals surface area contributed by atoms with Gasteiger partial charge >= 0.3 is 11.9 Å². The number of carbonyl (C=O) groups is 3. The summed E-state index contributed by atoms with van der Waals surface area (Å²) in [6.45, 7) is 8.95. The molecule has 1 rings (SSSR count). The van der Waals surface area contributed by atoms with Crippen molar-refractivity contribution < 1.29 is 23.9 Å². The second-order valence-electron chi connectivity index (χ2n) is 4.79. The summed E-state index contributed by atoms with van der Waals surface area (Å²) in [5.74, 6) is -1.55. The number of aromatic amines is 1. The molecule has 0 spiro atoms. The number of ether oxygens (including phenoxy) is 2. The fraction of sp³-hybridized carbons (Fsp3) is 0.533. The average molecular weight is 310 g/mol. The molecule has 2 N–H and O–H groups in total. The van der Waals surface area contributed by atoms with E-state index in [1.54, 1.807) is 27.7 Å². The smallest absolute Gasteiger partial charge is 0.355 e. The summed E-state index contributed by atoms with van der Waals surface area (Å²) >= 11 is 0. The zero-order valence-corrected chi connectivity index (χ0v) is 13.5. The fourth-order valence-corrected chi connectivity index (χ4v) is 2.05. The number of rotatable bonds is 6. The molecule has 0 aromatic carbocycles. The molecule has 1 atom stereocenters. The number of aromatic nitrogens is 1. The third-order valence-corrected chi connectivity index (χ3v) is 3.13. The Bertz CT molecular complexity index is 577. The predicted octanol–water partition coefficient (Wildman–Crippen LogP) is 1.49. The van der Waals surface area contributed by atoms with Gasteiger partial charge < -0.3 is 19.8 Å². The van der Waals surface area contributed by atoms with Gasteiger partial charge in [0.2, 0.25) is 0 Å². The van der Waals surface area contributed by atoms with Crippen molar-refractivity contribution in [2.24, 2.45) is 0 Å². The first-order valence-electron chi connectivity index (χ1n) is 7.18. The standard InChI is InChI=1S/C15H22N2O5/c1-6-16-13(18)10(5)22-14(19)11-8(3)12(17-9(11)4)15(20)21-7-2/h10,17H,6-7H2,1-5H3,(H,16,18)/t10-/m0/s1. The first kappa shape index (κ1) is 17.7. The SMILES string of the molecule is CCNC(=O)[C@H](C)OC(=O)c1c(C)[nH]c(C(=O)OCC)c1C. The Morgan fingerprint density at radius 1 is 1.18 bits per heavy atom. The summed E-state index contributed by atoms with van der Waals surface area (Å²) in [5, 5.41) is 2.57. The van der Waals surface area contributed by atoms with Crippen LogP contribution in [-0.2, 0) is 14.3 Å². The van der Waals surface area contributed by atoms with Gasteiger partial charge in [-0.2, -0.15) is 0 Å². The first-order chi connectivity index (χ1) is 10.3. The molecule has 0 bridgehead atoms. The quantitative estimate of drug-likeness (QED) is 0.776. The summed E-state index contributed by atoms with van der Waals surface area (Å²) in [6.07, 6.45) is -0.910. The maximum Gasteiger partial charge on any atom is 0.355 e. The minimum atomic E-state index is -0.910. The summed E-state index contributed by atoms with van der Waals surface area (Å²) in [4.78, 5) is 38.5. The van der Waals surface area contributed by atoms with Crippen LogP contribution in [-0.4, -0.2) is 42.1 Å². The van der Waals surface area contributed by atoms with Gasteiger partial charge in [0.1, 0.15) is 5.69 Å². The van der Waals surface area contributed by atoms with Crippen molar-refractivity contribution in [3.63, 3.8) is 0 Å². The van der Waals surface area contributed by atoms with Gasteiger partial charge in [-0.15, -0.1) is 0 Å². The van der Waals surface area contributed by atoms with Crippen LogP contribution in [0.5, 0.6) is 0 Å². The lowest BCUT2D eigenvalue weighted by Crippen LogP contribution is -2.35. The Kier molecular flexibility index (Phi) is 6.15. The second kappa shape index (κ2) is 7.63. The lowest BCUT2D eigenvalue weighted by atomic mass is 10.1. The number of hydrogen-bond acceptors (Lipinski definition) is 5. The van der Waals surface area contributed by atoms with E-state index < -0.39 is 18.0 Å². The number of nitrogens with one attached hydrogen (secondary N) is 2. The molecule has 22 heavy (non-hydrogen) atoms. The van der Waals surface area contributed by atoms with E-state index in [1.807, 2.05) is 0 Å². The molecule has 0 unspecified atom stereocenters. The highest BCUT2D eigenvalue weighted by Crippen LogP contribution is 2.20. The maximum atomic E-state index is 12.2. The molecule has 122 valence electrons. The minimum absolute atomic E-state index is 0.219.